The van der Waals surface area contributed by atoms with Crippen molar-refractivity contribution in [3.05, 3.63) is 23.9 Å². The molecule has 1 atom stereocenters. The molecule has 0 spiro atoms. The summed E-state index contributed by atoms with van der Waals surface area (Å²) in [5.41, 5.74) is 1.18. The number of hydrogen-bond acceptors (Lipinski definition) is 4. The summed E-state index contributed by atoms with van der Waals surface area (Å²) < 4.78 is 5.41. The molecule has 2 aliphatic heterocycles. The van der Waals surface area contributed by atoms with Gasteiger partial charge in [0.15, 0.2) is 0 Å². The van der Waals surface area contributed by atoms with Gasteiger partial charge < -0.3 is 14.5 Å². The number of pyridine rings is 1. The summed E-state index contributed by atoms with van der Waals surface area (Å²) in [6.45, 7) is 4.09. The first-order valence-corrected chi connectivity index (χ1v) is 7.39. The summed E-state index contributed by atoms with van der Waals surface area (Å²) in [6.07, 6.45) is 6.12. The molecule has 1 aromatic heterocycles. The zero-order valence-corrected chi connectivity index (χ0v) is 11.7. The van der Waals surface area contributed by atoms with E-state index < -0.39 is 0 Å². The number of amides is 1. The van der Waals surface area contributed by atoms with Crippen molar-refractivity contribution < 1.29 is 9.53 Å². The van der Waals surface area contributed by atoms with Crippen LogP contribution in [0.25, 0.3) is 0 Å². The lowest BCUT2D eigenvalue weighted by Crippen LogP contribution is -2.39. The molecule has 108 valence electrons. The fourth-order valence-electron chi connectivity index (χ4n) is 3.12. The molecule has 0 aromatic carbocycles. The highest BCUT2D eigenvalue weighted by Gasteiger charge is 2.27. The second kappa shape index (κ2) is 6.22. The normalized spacial score (nSPS) is 23.7. The minimum absolute atomic E-state index is 0.174. The number of hydrogen-bond donors (Lipinski definition) is 0. The number of rotatable bonds is 3. The second-order valence-corrected chi connectivity index (χ2v) is 5.37. The van der Waals surface area contributed by atoms with Gasteiger partial charge in [-0.1, -0.05) is 6.07 Å². The van der Waals surface area contributed by atoms with E-state index in [-0.39, 0.29) is 6.04 Å². The quantitative estimate of drug-likeness (QED) is 0.786. The molecule has 0 radical (unpaired) electrons. The Morgan fingerprint density at radius 2 is 2.10 bits per heavy atom. The Hall–Kier alpha value is -1.62. The average molecular weight is 275 g/mol. The Labute approximate surface area is 119 Å². The van der Waals surface area contributed by atoms with E-state index in [1.165, 1.54) is 12.0 Å². The van der Waals surface area contributed by atoms with Gasteiger partial charge in [-0.2, -0.15) is 0 Å². The topological polar surface area (TPSA) is 45.7 Å². The van der Waals surface area contributed by atoms with Gasteiger partial charge in [-0.25, -0.2) is 4.98 Å². The number of anilines is 1. The van der Waals surface area contributed by atoms with Gasteiger partial charge in [0.05, 0.1) is 19.3 Å². The number of likely N-dealkylation sites (tertiary alicyclic amines) is 1. The van der Waals surface area contributed by atoms with Gasteiger partial charge in [-0.05, 0) is 25.3 Å². The van der Waals surface area contributed by atoms with Crippen molar-refractivity contribution in [1.82, 2.24) is 9.88 Å². The lowest BCUT2D eigenvalue weighted by atomic mass is 9.96. The molecule has 20 heavy (non-hydrogen) atoms. The smallest absolute Gasteiger partial charge is 0.210 e. The molecule has 0 saturated carbocycles. The van der Waals surface area contributed by atoms with Crippen LogP contribution < -0.4 is 4.90 Å². The van der Waals surface area contributed by atoms with Crippen molar-refractivity contribution >= 4 is 12.2 Å². The first-order valence-electron chi connectivity index (χ1n) is 7.39. The van der Waals surface area contributed by atoms with Crippen molar-refractivity contribution in [1.29, 1.82) is 0 Å². The number of carbonyl (C=O) groups excluding carboxylic acids is 1. The fraction of sp³-hybridized carbons (Fsp3) is 0.600. The van der Waals surface area contributed by atoms with Crippen LogP contribution in [0.15, 0.2) is 18.3 Å². The van der Waals surface area contributed by atoms with E-state index in [4.69, 9.17) is 4.74 Å². The summed E-state index contributed by atoms with van der Waals surface area (Å²) in [6, 6.07) is 4.26. The van der Waals surface area contributed by atoms with Crippen LogP contribution in [0.4, 0.5) is 5.82 Å². The molecule has 2 fully saturated rings. The molecule has 0 unspecified atom stereocenters. The third-order valence-electron chi connectivity index (χ3n) is 4.17. The monoisotopic (exact) mass is 275 g/mol. The van der Waals surface area contributed by atoms with Crippen molar-refractivity contribution in [2.45, 2.75) is 25.3 Å². The van der Waals surface area contributed by atoms with Crippen LogP contribution in [0.5, 0.6) is 0 Å². The first kappa shape index (κ1) is 13.4. The Kier molecular flexibility index (Phi) is 4.16. The molecule has 0 aliphatic carbocycles. The minimum Gasteiger partial charge on any atom is -0.378 e. The van der Waals surface area contributed by atoms with Crippen molar-refractivity contribution in [3.8, 4) is 0 Å². The summed E-state index contributed by atoms with van der Waals surface area (Å²) in [7, 11) is 0. The number of carbonyl (C=O) groups is 1. The molecule has 0 bridgehead atoms. The van der Waals surface area contributed by atoms with E-state index >= 15 is 0 Å². The fourth-order valence-corrected chi connectivity index (χ4v) is 3.12. The number of piperidine rings is 1. The van der Waals surface area contributed by atoms with Gasteiger partial charge >= 0.3 is 0 Å². The molecular formula is C15H21N3O2. The highest BCUT2D eigenvalue weighted by molar-refractivity contribution is 5.54. The Morgan fingerprint density at radius 1 is 1.25 bits per heavy atom. The lowest BCUT2D eigenvalue weighted by molar-refractivity contribution is -0.121. The zero-order valence-electron chi connectivity index (χ0n) is 11.7. The molecule has 5 heteroatoms. The van der Waals surface area contributed by atoms with Gasteiger partial charge in [0.2, 0.25) is 6.41 Å². The van der Waals surface area contributed by atoms with Gasteiger partial charge in [-0.3, -0.25) is 4.79 Å². The van der Waals surface area contributed by atoms with Gasteiger partial charge in [-0.15, -0.1) is 0 Å². The third kappa shape index (κ3) is 2.63. The van der Waals surface area contributed by atoms with E-state index in [1.54, 1.807) is 0 Å². The van der Waals surface area contributed by atoms with Gasteiger partial charge in [0, 0.05) is 31.4 Å². The van der Waals surface area contributed by atoms with Crippen LogP contribution in [0.2, 0.25) is 0 Å². The lowest BCUT2D eigenvalue weighted by Gasteiger charge is -2.36. The van der Waals surface area contributed by atoms with Crippen LogP contribution in [0, 0.1) is 0 Å². The van der Waals surface area contributed by atoms with Crippen LogP contribution in [-0.4, -0.2) is 49.1 Å². The van der Waals surface area contributed by atoms with Gasteiger partial charge in [0.1, 0.15) is 5.82 Å². The van der Waals surface area contributed by atoms with Gasteiger partial charge in [0.25, 0.3) is 0 Å². The maximum Gasteiger partial charge on any atom is 0.210 e. The maximum absolute atomic E-state index is 11.3. The predicted octanol–water partition coefficient (Wildman–Crippen LogP) is 1.60. The van der Waals surface area contributed by atoms with E-state index in [0.717, 1.165) is 57.9 Å². The number of ether oxygens (including phenoxy) is 1. The maximum atomic E-state index is 11.3. The molecule has 3 heterocycles. The molecular weight excluding hydrogens is 254 g/mol. The predicted molar refractivity (Wildman–Crippen MR) is 76.6 cm³/mol. The van der Waals surface area contributed by atoms with E-state index in [1.807, 2.05) is 17.2 Å². The summed E-state index contributed by atoms with van der Waals surface area (Å²) >= 11 is 0. The highest BCUT2D eigenvalue weighted by atomic mass is 16.5. The summed E-state index contributed by atoms with van der Waals surface area (Å²) in [5.74, 6) is 1.02. The largest absolute Gasteiger partial charge is 0.378 e. The minimum atomic E-state index is 0.174. The zero-order chi connectivity index (χ0) is 13.8. The number of morpholine rings is 1. The van der Waals surface area contributed by atoms with Crippen LogP contribution in [0.1, 0.15) is 30.9 Å². The summed E-state index contributed by atoms with van der Waals surface area (Å²) in [4.78, 5) is 20.1. The van der Waals surface area contributed by atoms with Crippen LogP contribution >= 0.6 is 0 Å². The molecule has 1 aromatic rings. The molecule has 2 saturated heterocycles. The molecule has 5 nitrogen and oxygen atoms in total. The third-order valence-corrected chi connectivity index (χ3v) is 4.17. The van der Waals surface area contributed by atoms with E-state index in [0.29, 0.717) is 0 Å². The number of nitrogens with zero attached hydrogens (tertiary/aromatic N) is 3. The molecule has 0 N–H and O–H groups in total. The van der Waals surface area contributed by atoms with E-state index in [9.17, 15) is 4.79 Å². The van der Waals surface area contributed by atoms with Crippen molar-refractivity contribution in [2.75, 3.05) is 37.7 Å². The second-order valence-electron chi connectivity index (χ2n) is 5.37. The van der Waals surface area contributed by atoms with Crippen LogP contribution in [-0.2, 0) is 9.53 Å². The Morgan fingerprint density at radius 3 is 2.90 bits per heavy atom. The Bertz CT molecular complexity index is 460. The van der Waals surface area contributed by atoms with Crippen molar-refractivity contribution in [3.63, 3.8) is 0 Å². The van der Waals surface area contributed by atoms with Crippen LogP contribution in [0.3, 0.4) is 0 Å². The first-order chi connectivity index (χ1) is 9.90. The highest BCUT2D eigenvalue weighted by Crippen LogP contribution is 2.34. The average Bonchev–Trinajstić information content (AvgIpc) is 2.55. The number of aromatic nitrogens is 1. The summed E-state index contributed by atoms with van der Waals surface area (Å²) in [5, 5.41) is 0. The molecule has 2 aliphatic rings. The SMILES string of the molecule is O=CN1CCCC[C@@H]1c1cccnc1N1CCOCC1. The molecule has 3 rings (SSSR count). The van der Waals surface area contributed by atoms with E-state index in [2.05, 4.69) is 16.0 Å². The van der Waals surface area contributed by atoms with Crippen molar-refractivity contribution in [2.24, 2.45) is 0 Å². The Balaban J connectivity index is 1.89. The standard InChI is InChI=1S/C15H21N3O2/c19-12-18-7-2-1-5-14(18)13-4-3-6-16-15(13)17-8-10-20-11-9-17/h3-4,6,12,14H,1-2,5,7-11H2/t14-/m1/s1. The molecule has 1 amide bonds.